The maximum atomic E-state index is 9.36. The van der Waals surface area contributed by atoms with Crippen molar-refractivity contribution in [3.63, 3.8) is 0 Å². The molecule has 0 spiro atoms. The average molecular weight is 335 g/mol. The SMILES string of the molecule is OC[C@@H](O)COc1cnc2c(ccn2-c2ccc3ccccc3n2)c1. The third-order valence-electron chi connectivity index (χ3n) is 3.99. The van der Waals surface area contributed by atoms with Crippen molar-refractivity contribution < 1.29 is 14.9 Å². The van der Waals surface area contributed by atoms with Gasteiger partial charge in [-0.25, -0.2) is 9.97 Å². The predicted octanol–water partition coefficient (Wildman–Crippen LogP) is 2.31. The highest BCUT2D eigenvalue weighted by atomic mass is 16.5. The van der Waals surface area contributed by atoms with Crippen molar-refractivity contribution in [3.05, 3.63) is 60.9 Å². The van der Waals surface area contributed by atoms with Crippen LogP contribution in [0.4, 0.5) is 0 Å². The smallest absolute Gasteiger partial charge is 0.145 e. The van der Waals surface area contributed by atoms with Gasteiger partial charge in [0.1, 0.15) is 29.9 Å². The summed E-state index contributed by atoms with van der Waals surface area (Å²) >= 11 is 0. The summed E-state index contributed by atoms with van der Waals surface area (Å²) < 4.78 is 7.37. The van der Waals surface area contributed by atoms with Gasteiger partial charge in [0.25, 0.3) is 0 Å². The van der Waals surface area contributed by atoms with E-state index in [1.807, 2.05) is 59.3 Å². The van der Waals surface area contributed by atoms with E-state index in [-0.39, 0.29) is 13.2 Å². The van der Waals surface area contributed by atoms with Crippen molar-refractivity contribution in [2.45, 2.75) is 6.10 Å². The molecule has 126 valence electrons. The number of hydrogen-bond donors (Lipinski definition) is 2. The van der Waals surface area contributed by atoms with Gasteiger partial charge < -0.3 is 14.9 Å². The Morgan fingerprint density at radius 3 is 2.84 bits per heavy atom. The molecule has 0 amide bonds. The molecule has 0 bridgehead atoms. The first-order chi connectivity index (χ1) is 12.2. The lowest BCUT2D eigenvalue weighted by Gasteiger charge is -2.10. The molecule has 0 saturated heterocycles. The first-order valence-electron chi connectivity index (χ1n) is 7.99. The maximum absolute atomic E-state index is 9.36. The number of aliphatic hydroxyl groups is 2. The molecule has 6 nitrogen and oxygen atoms in total. The lowest BCUT2D eigenvalue weighted by Crippen LogP contribution is -2.21. The largest absolute Gasteiger partial charge is 0.489 e. The van der Waals surface area contributed by atoms with Gasteiger partial charge in [-0.2, -0.15) is 0 Å². The molecule has 4 rings (SSSR count). The highest BCUT2D eigenvalue weighted by Crippen LogP contribution is 2.23. The van der Waals surface area contributed by atoms with Crippen LogP contribution in [0.5, 0.6) is 5.75 Å². The number of aliphatic hydroxyl groups excluding tert-OH is 2. The standard InChI is InChI=1S/C19H17N3O3/c23-11-15(24)12-25-16-9-14-7-8-22(19(14)20-10-16)18-6-5-13-3-1-2-4-17(13)21-18/h1-10,15,23-24H,11-12H2/t15-/m1/s1. The van der Waals surface area contributed by atoms with Crippen molar-refractivity contribution in [1.29, 1.82) is 0 Å². The number of nitrogens with zero attached hydrogens (tertiary/aromatic N) is 3. The summed E-state index contributed by atoms with van der Waals surface area (Å²) in [5.74, 6) is 1.34. The van der Waals surface area contributed by atoms with Gasteiger partial charge in [0.15, 0.2) is 0 Å². The van der Waals surface area contributed by atoms with Crippen LogP contribution in [-0.4, -0.2) is 44.1 Å². The van der Waals surface area contributed by atoms with Crippen molar-refractivity contribution in [1.82, 2.24) is 14.5 Å². The molecule has 6 heteroatoms. The zero-order valence-electron chi connectivity index (χ0n) is 13.4. The Kier molecular flexibility index (Phi) is 4.05. The fraction of sp³-hybridized carbons (Fsp3) is 0.158. The zero-order valence-corrected chi connectivity index (χ0v) is 13.4. The third kappa shape index (κ3) is 3.05. The highest BCUT2D eigenvalue weighted by molar-refractivity contribution is 5.82. The van der Waals surface area contributed by atoms with Gasteiger partial charge in [-0.05, 0) is 30.3 Å². The Morgan fingerprint density at radius 1 is 1.08 bits per heavy atom. The van der Waals surface area contributed by atoms with Crippen LogP contribution in [-0.2, 0) is 0 Å². The van der Waals surface area contributed by atoms with Crippen molar-refractivity contribution in [2.75, 3.05) is 13.2 Å². The maximum Gasteiger partial charge on any atom is 0.145 e. The minimum absolute atomic E-state index is 0.0244. The predicted molar refractivity (Wildman–Crippen MR) is 95.0 cm³/mol. The van der Waals surface area contributed by atoms with Gasteiger partial charge >= 0.3 is 0 Å². The number of benzene rings is 1. The molecule has 4 aromatic rings. The third-order valence-corrected chi connectivity index (χ3v) is 3.99. The molecule has 2 N–H and O–H groups in total. The quantitative estimate of drug-likeness (QED) is 0.585. The topological polar surface area (TPSA) is 80.4 Å². The Bertz CT molecular complexity index is 1030. The first kappa shape index (κ1) is 15.6. The molecule has 0 aliphatic rings. The van der Waals surface area contributed by atoms with Gasteiger partial charge in [-0.3, -0.25) is 4.57 Å². The number of hydrogen-bond acceptors (Lipinski definition) is 5. The lowest BCUT2D eigenvalue weighted by atomic mass is 10.2. The van der Waals surface area contributed by atoms with E-state index in [4.69, 9.17) is 14.8 Å². The van der Waals surface area contributed by atoms with Gasteiger partial charge in [-0.1, -0.05) is 18.2 Å². The highest BCUT2D eigenvalue weighted by Gasteiger charge is 2.09. The second kappa shape index (κ2) is 6.51. The fourth-order valence-electron chi connectivity index (χ4n) is 2.70. The number of para-hydroxylation sites is 1. The molecule has 0 saturated carbocycles. The molecule has 1 aromatic carbocycles. The number of fused-ring (bicyclic) bond motifs is 2. The molecule has 3 aromatic heterocycles. The number of aromatic nitrogens is 3. The molecule has 1 atom stereocenters. The number of ether oxygens (including phenoxy) is 1. The van der Waals surface area contributed by atoms with Crippen LogP contribution in [0.25, 0.3) is 27.8 Å². The van der Waals surface area contributed by atoms with E-state index in [2.05, 4.69) is 4.98 Å². The van der Waals surface area contributed by atoms with Crippen LogP contribution in [0.1, 0.15) is 0 Å². The Hall–Kier alpha value is -2.96. The molecule has 0 aliphatic carbocycles. The van der Waals surface area contributed by atoms with Crippen molar-refractivity contribution >= 4 is 21.9 Å². The zero-order chi connectivity index (χ0) is 17.2. The summed E-state index contributed by atoms with van der Waals surface area (Å²) in [6, 6.07) is 15.8. The van der Waals surface area contributed by atoms with Crippen molar-refractivity contribution in [2.24, 2.45) is 0 Å². The Balaban J connectivity index is 1.68. The van der Waals surface area contributed by atoms with Crippen LogP contribution in [0.3, 0.4) is 0 Å². The van der Waals surface area contributed by atoms with Crippen LogP contribution in [0.2, 0.25) is 0 Å². The van der Waals surface area contributed by atoms with Crippen LogP contribution in [0.15, 0.2) is 60.9 Å². The molecule has 0 aliphatic heterocycles. The van der Waals surface area contributed by atoms with Crippen molar-refractivity contribution in [3.8, 4) is 11.6 Å². The van der Waals surface area contributed by atoms with E-state index in [9.17, 15) is 5.11 Å². The monoisotopic (exact) mass is 335 g/mol. The Morgan fingerprint density at radius 2 is 1.96 bits per heavy atom. The molecular formula is C19H17N3O3. The summed E-state index contributed by atoms with van der Waals surface area (Å²) in [6.45, 7) is -0.309. The molecule has 3 heterocycles. The number of pyridine rings is 2. The Labute approximate surface area is 144 Å². The first-order valence-corrected chi connectivity index (χ1v) is 7.99. The average Bonchev–Trinajstić information content (AvgIpc) is 3.09. The molecule has 0 unspecified atom stereocenters. The summed E-state index contributed by atoms with van der Waals surface area (Å²) in [7, 11) is 0. The van der Waals surface area contributed by atoms with Gasteiger partial charge in [0, 0.05) is 17.0 Å². The van der Waals surface area contributed by atoms with Crippen LogP contribution in [0, 0.1) is 0 Å². The second-order valence-corrected chi connectivity index (χ2v) is 5.78. The molecule has 0 fully saturated rings. The molecular weight excluding hydrogens is 318 g/mol. The minimum Gasteiger partial charge on any atom is -0.489 e. The second-order valence-electron chi connectivity index (χ2n) is 5.78. The minimum atomic E-state index is -0.901. The summed E-state index contributed by atoms with van der Waals surface area (Å²) in [5.41, 5.74) is 1.71. The molecule has 25 heavy (non-hydrogen) atoms. The van der Waals surface area contributed by atoms with E-state index in [1.165, 1.54) is 0 Å². The summed E-state index contributed by atoms with van der Waals surface area (Å²) in [4.78, 5) is 9.15. The van der Waals surface area contributed by atoms with E-state index in [0.717, 1.165) is 27.8 Å². The van der Waals surface area contributed by atoms with Gasteiger partial charge in [0.05, 0.1) is 18.3 Å². The summed E-state index contributed by atoms with van der Waals surface area (Å²) in [5, 5.41) is 20.2. The van der Waals surface area contributed by atoms with Crippen LogP contribution >= 0.6 is 0 Å². The summed E-state index contributed by atoms with van der Waals surface area (Å²) in [6.07, 6.45) is 2.62. The van der Waals surface area contributed by atoms with E-state index in [0.29, 0.717) is 5.75 Å². The van der Waals surface area contributed by atoms with E-state index >= 15 is 0 Å². The molecule has 0 radical (unpaired) electrons. The van der Waals surface area contributed by atoms with Crippen LogP contribution < -0.4 is 4.74 Å². The normalized spacial score (nSPS) is 12.6. The lowest BCUT2D eigenvalue weighted by molar-refractivity contribution is 0.0535. The number of rotatable bonds is 5. The fourth-order valence-corrected chi connectivity index (χ4v) is 2.70. The van der Waals surface area contributed by atoms with E-state index < -0.39 is 6.10 Å². The van der Waals surface area contributed by atoms with Gasteiger partial charge in [0.2, 0.25) is 0 Å². The van der Waals surface area contributed by atoms with Gasteiger partial charge in [-0.15, -0.1) is 0 Å². The van der Waals surface area contributed by atoms with E-state index in [1.54, 1.807) is 6.20 Å².